The Morgan fingerprint density at radius 1 is 1.00 bits per heavy atom. The maximum Gasteiger partial charge on any atom is 0.490 e. The molecule has 2 fully saturated rings. The number of rotatable bonds is 5. The largest absolute Gasteiger partial charge is 0.490 e. The number of carboxylic acids is 1. The van der Waals surface area contributed by atoms with E-state index in [2.05, 4.69) is 10.6 Å². The molecule has 1 aliphatic carbocycles. The third kappa shape index (κ3) is 6.40. The standard InChI is InChI=1S/C22H23FN2O2.C2HF3O2/c23-16-10-8-14(9-11-16)21(26)18-5-1-2-6-19(18)22(27)24-13-17-12-15-4-3-7-20(15)25-17;3-2(4,5)1(6)7/h1-2,5-6,8-11,15,17,20,25H,3-4,7,12-13H2,(H,24,27);(H,6,7)/t15-,17-,20-;/m0./s1. The fourth-order valence-electron chi connectivity index (χ4n) is 4.36. The normalized spacial score (nSPS) is 21.2. The van der Waals surface area contributed by atoms with Gasteiger partial charge in [-0.2, -0.15) is 13.2 Å². The van der Waals surface area contributed by atoms with Gasteiger partial charge in [-0.05, 0) is 55.5 Å². The molecule has 0 bridgehead atoms. The van der Waals surface area contributed by atoms with Gasteiger partial charge in [-0.15, -0.1) is 0 Å². The van der Waals surface area contributed by atoms with Crippen LogP contribution >= 0.6 is 0 Å². The van der Waals surface area contributed by atoms with Crippen LogP contribution in [0.3, 0.4) is 0 Å². The number of hydrogen-bond acceptors (Lipinski definition) is 4. The Morgan fingerprint density at radius 3 is 2.21 bits per heavy atom. The Balaban J connectivity index is 0.000000406. The molecule has 2 aromatic rings. The van der Waals surface area contributed by atoms with Crippen LogP contribution in [0.5, 0.6) is 0 Å². The van der Waals surface area contributed by atoms with Gasteiger partial charge in [-0.25, -0.2) is 9.18 Å². The van der Waals surface area contributed by atoms with Crippen molar-refractivity contribution in [2.45, 2.75) is 43.9 Å². The Kier molecular flexibility index (Phi) is 8.03. The molecule has 0 radical (unpaired) electrons. The molecule has 3 N–H and O–H groups in total. The average Bonchev–Trinajstić information content (AvgIpc) is 3.39. The van der Waals surface area contributed by atoms with Gasteiger partial charge in [0.1, 0.15) is 5.82 Å². The first-order valence-corrected chi connectivity index (χ1v) is 10.8. The molecule has 34 heavy (non-hydrogen) atoms. The summed E-state index contributed by atoms with van der Waals surface area (Å²) in [6.07, 6.45) is -0.192. The molecule has 0 spiro atoms. The highest BCUT2D eigenvalue weighted by Gasteiger charge is 2.38. The van der Waals surface area contributed by atoms with Gasteiger partial charge in [0.15, 0.2) is 5.78 Å². The molecule has 2 aliphatic rings. The summed E-state index contributed by atoms with van der Waals surface area (Å²) in [5.74, 6) is -2.95. The molecule has 3 atom stereocenters. The topological polar surface area (TPSA) is 95.5 Å². The fraction of sp³-hybridized carbons (Fsp3) is 0.375. The van der Waals surface area contributed by atoms with Crippen molar-refractivity contribution in [3.05, 3.63) is 71.0 Å². The SMILES string of the molecule is O=C(NC[C@@H]1C[C@@H]2CCC[C@@H]2N1)c1ccccc1C(=O)c1ccc(F)cc1.O=C(O)C(F)(F)F. The van der Waals surface area contributed by atoms with E-state index in [1.54, 1.807) is 24.3 Å². The maximum absolute atomic E-state index is 13.1. The second-order valence-corrected chi connectivity index (χ2v) is 8.29. The first-order chi connectivity index (χ1) is 16.1. The number of halogens is 4. The van der Waals surface area contributed by atoms with E-state index < -0.39 is 18.0 Å². The minimum atomic E-state index is -5.08. The molecule has 1 saturated heterocycles. The van der Waals surface area contributed by atoms with Crippen molar-refractivity contribution in [1.29, 1.82) is 0 Å². The molecule has 6 nitrogen and oxygen atoms in total. The number of alkyl halides is 3. The van der Waals surface area contributed by atoms with Crippen molar-refractivity contribution in [2.75, 3.05) is 6.54 Å². The van der Waals surface area contributed by atoms with E-state index >= 15 is 0 Å². The number of amides is 1. The highest BCUT2D eigenvalue weighted by molar-refractivity contribution is 6.15. The number of carboxylic acid groups (broad SMARTS) is 1. The van der Waals surface area contributed by atoms with Gasteiger partial charge in [0, 0.05) is 29.8 Å². The molecule has 1 saturated carbocycles. The van der Waals surface area contributed by atoms with E-state index in [1.807, 2.05) is 0 Å². The van der Waals surface area contributed by atoms with Crippen molar-refractivity contribution in [2.24, 2.45) is 5.92 Å². The lowest BCUT2D eigenvalue weighted by molar-refractivity contribution is -0.192. The molecule has 1 aliphatic heterocycles. The predicted molar refractivity (Wildman–Crippen MR) is 115 cm³/mol. The summed E-state index contributed by atoms with van der Waals surface area (Å²) in [4.78, 5) is 34.4. The monoisotopic (exact) mass is 480 g/mol. The molecular formula is C24H24F4N2O4. The maximum atomic E-state index is 13.1. The Hall–Kier alpha value is -3.27. The third-order valence-corrected chi connectivity index (χ3v) is 5.97. The van der Waals surface area contributed by atoms with Crippen LogP contribution in [0, 0.1) is 11.7 Å². The number of benzene rings is 2. The molecule has 10 heteroatoms. The van der Waals surface area contributed by atoms with Crippen LogP contribution in [-0.2, 0) is 4.79 Å². The highest BCUT2D eigenvalue weighted by atomic mass is 19.4. The molecule has 2 aromatic carbocycles. The first kappa shape index (κ1) is 25.4. The van der Waals surface area contributed by atoms with Crippen LogP contribution in [0.1, 0.15) is 52.0 Å². The van der Waals surface area contributed by atoms with E-state index in [0.717, 1.165) is 12.3 Å². The van der Waals surface area contributed by atoms with E-state index in [9.17, 15) is 27.2 Å². The summed E-state index contributed by atoms with van der Waals surface area (Å²) in [7, 11) is 0. The number of carbonyl (C=O) groups excluding carboxylic acids is 2. The second-order valence-electron chi connectivity index (χ2n) is 8.29. The van der Waals surface area contributed by atoms with Crippen LogP contribution < -0.4 is 10.6 Å². The number of carbonyl (C=O) groups is 3. The second kappa shape index (κ2) is 10.8. The zero-order chi connectivity index (χ0) is 24.9. The van der Waals surface area contributed by atoms with Gasteiger partial charge in [-0.1, -0.05) is 24.6 Å². The first-order valence-electron chi connectivity index (χ1n) is 10.8. The van der Waals surface area contributed by atoms with Crippen molar-refractivity contribution in [3.63, 3.8) is 0 Å². The van der Waals surface area contributed by atoms with Gasteiger partial charge < -0.3 is 15.7 Å². The van der Waals surface area contributed by atoms with Gasteiger partial charge >= 0.3 is 12.1 Å². The molecule has 1 amide bonds. The van der Waals surface area contributed by atoms with Crippen LogP contribution in [-0.4, -0.2) is 47.6 Å². The molecule has 0 aromatic heterocycles. The van der Waals surface area contributed by atoms with Crippen LogP contribution in [0.2, 0.25) is 0 Å². The smallest absolute Gasteiger partial charge is 0.475 e. The fourth-order valence-corrected chi connectivity index (χ4v) is 4.36. The van der Waals surface area contributed by atoms with Crippen LogP contribution in [0.25, 0.3) is 0 Å². The highest BCUT2D eigenvalue weighted by Crippen LogP contribution is 2.34. The van der Waals surface area contributed by atoms with E-state index in [4.69, 9.17) is 9.90 Å². The summed E-state index contributed by atoms with van der Waals surface area (Å²) in [5, 5.41) is 13.7. The van der Waals surface area contributed by atoms with E-state index in [0.29, 0.717) is 35.3 Å². The Bertz CT molecular complexity index is 1030. The third-order valence-electron chi connectivity index (χ3n) is 5.97. The van der Waals surface area contributed by atoms with Gasteiger partial charge in [0.05, 0.1) is 5.56 Å². The minimum absolute atomic E-state index is 0.250. The lowest BCUT2D eigenvalue weighted by Crippen LogP contribution is -2.39. The predicted octanol–water partition coefficient (Wildman–Crippen LogP) is 3.95. The molecular weight excluding hydrogens is 456 g/mol. The Morgan fingerprint density at radius 2 is 1.62 bits per heavy atom. The molecule has 1 heterocycles. The van der Waals surface area contributed by atoms with Crippen molar-refractivity contribution in [1.82, 2.24) is 10.6 Å². The van der Waals surface area contributed by atoms with Crippen LogP contribution in [0.15, 0.2) is 48.5 Å². The number of aliphatic carboxylic acids is 1. The van der Waals surface area contributed by atoms with Crippen molar-refractivity contribution < 1.29 is 37.1 Å². The quantitative estimate of drug-likeness (QED) is 0.445. The minimum Gasteiger partial charge on any atom is -0.475 e. The average molecular weight is 480 g/mol. The van der Waals surface area contributed by atoms with Gasteiger partial charge in [-0.3, -0.25) is 9.59 Å². The number of fused-ring (bicyclic) bond motifs is 1. The van der Waals surface area contributed by atoms with Gasteiger partial charge in [0.2, 0.25) is 0 Å². The number of ketones is 1. The summed E-state index contributed by atoms with van der Waals surface area (Å²) in [6, 6.07) is 13.0. The zero-order valence-corrected chi connectivity index (χ0v) is 18.1. The molecule has 182 valence electrons. The lowest BCUT2D eigenvalue weighted by atomic mass is 9.97. The van der Waals surface area contributed by atoms with Crippen molar-refractivity contribution >= 4 is 17.7 Å². The van der Waals surface area contributed by atoms with Gasteiger partial charge in [0.25, 0.3) is 5.91 Å². The summed E-state index contributed by atoms with van der Waals surface area (Å²) >= 11 is 0. The van der Waals surface area contributed by atoms with Crippen molar-refractivity contribution in [3.8, 4) is 0 Å². The molecule has 0 unspecified atom stereocenters. The summed E-state index contributed by atoms with van der Waals surface area (Å²) < 4.78 is 44.8. The van der Waals surface area contributed by atoms with E-state index in [1.165, 1.54) is 43.5 Å². The van der Waals surface area contributed by atoms with Crippen LogP contribution in [0.4, 0.5) is 17.6 Å². The Labute approximate surface area is 193 Å². The lowest BCUT2D eigenvalue weighted by Gasteiger charge is -2.15. The molecule has 4 rings (SSSR count). The number of nitrogens with one attached hydrogen (secondary N) is 2. The summed E-state index contributed by atoms with van der Waals surface area (Å²) in [5.41, 5.74) is 1.05. The summed E-state index contributed by atoms with van der Waals surface area (Å²) in [6.45, 7) is 0.560. The van der Waals surface area contributed by atoms with E-state index in [-0.39, 0.29) is 11.7 Å². The number of hydrogen-bond donors (Lipinski definition) is 3. The zero-order valence-electron chi connectivity index (χ0n) is 18.1.